The summed E-state index contributed by atoms with van der Waals surface area (Å²) in [5, 5.41) is 8.85. The summed E-state index contributed by atoms with van der Waals surface area (Å²) in [6.07, 6.45) is 2.17. The third kappa shape index (κ3) is 2.05. The maximum absolute atomic E-state index is 12.0. The Labute approximate surface area is 114 Å². The molecular formula is C14H12N2O4. The fraction of sp³-hybridized carbons (Fsp3) is 0.214. The molecule has 20 heavy (non-hydrogen) atoms. The van der Waals surface area contributed by atoms with Crippen molar-refractivity contribution >= 4 is 17.9 Å². The average Bonchev–Trinajstić information content (AvgIpc) is 3.06. The van der Waals surface area contributed by atoms with E-state index in [0.29, 0.717) is 12.8 Å². The maximum atomic E-state index is 12.0. The topological polar surface area (TPSA) is 83.6 Å². The van der Waals surface area contributed by atoms with Crippen LogP contribution in [0, 0.1) is 0 Å². The zero-order valence-corrected chi connectivity index (χ0v) is 10.5. The largest absolute Gasteiger partial charge is 0.475 e. The molecule has 1 amide bonds. The summed E-state index contributed by atoms with van der Waals surface area (Å²) in [6.45, 7) is 0. The Morgan fingerprint density at radius 1 is 1.35 bits per heavy atom. The minimum atomic E-state index is -1.20. The lowest BCUT2D eigenvalue weighted by molar-refractivity contribution is -0.117. The number of hydrogen-bond acceptors (Lipinski definition) is 4. The normalized spacial score (nSPS) is 18.5. The van der Waals surface area contributed by atoms with Crippen LogP contribution in [-0.4, -0.2) is 22.0 Å². The van der Waals surface area contributed by atoms with Gasteiger partial charge in [-0.25, -0.2) is 9.78 Å². The van der Waals surface area contributed by atoms with E-state index in [1.165, 1.54) is 4.90 Å². The van der Waals surface area contributed by atoms with Gasteiger partial charge < -0.3 is 9.52 Å². The van der Waals surface area contributed by atoms with Gasteiger partial charge in [-0.2, -0.15) is 0 Å². The highest BCUT2D eigenvalue weighted by atomic mass is 16.4. The highest BCUT2D eigenvalue weighted by Crippen LogP contribution is 2.36. The van der Waals surface area contributed by atoms with Crippen LogP contribution < -0.4 is 4.90 Å². The van der Waals surface area contributed by atoms with Crippen LogP contribution in [0.4, 0.5) is 6.01 Å². The number of aromatic nitrogens is 1. The minimum Gasteiger partial charge on any atom is -0.475 e. The number of rotatable bonds is 3. The first kappa shape index (κ1) is 12.4. The van der Waals surface area contributed by atoms with E-state index in [1.807, 2.05) is 30.3 Å². The van der Waals surface area contributed by atoms with Crippen LogP contribution in [0.1, 0.15) is 35.0 Å². The molecule has 1 aliphatic rings. The SMILES string of the molecule is O=C(O)c1cnc(N2C(=O)CC[C@H]2c2ccccc2)o1. The molecule has 0 spiro atoms. The second-order valence-electron chi connectivity index (χ2n) is 4.54. The van der Waals surface area contributed by atoms with E-state index < -0.39 is 5.97 Å². The Balaban J connectivity index is 1.96. The molecular weight excluding hydrogens is 260 g/mol. The summed E-state index contributed by atoms with van der Waals surface area (Å²) in [5.74, 6) is -1.59. The highest BCUT2D eigenvalue weighted by Gasteiger charge is 2.36. The van der Waals surface area contributed by atoms with Crippen LogP contribution in [0.25, 0.3) is 0 Å². The third-order valence-corrected chi connectivity index (χ3v) is 3.31. The lowest BCUT2D eigenvalue weighted by Crippen LogP contribution is -2.27. The Hall–Kier alpha value is -2.63. The van der Waals surface area contributed by atoms with Crippen LogP contribution in [0.5, 0.6) is 0 Å². The Bertz CT molecular complexity index is 650. The Morgan fingerprint density at radius 3 is 2.75 bits per heavy atom. The molecule has 0 aliphatic carbocycles. The van der Waals surface area contributed by atoms with Crippen molar-refractivity contribution in [2.45, 2.75) is 18.9 Å². The van der Waals surface area contributed by atoms with E-state index in [0.717, 1.165) is 11.8 Å². The molecule has 1 N–H and O–H groups in total. The quantitative estimate of drug-likeness (QED) is 0.926. The summed E-state index contributed by atoms with van der Waals surface area (Å²) >= 11 is 0. The number of carboxylic acid groups (broad SMARTS) is 1. The molecule has 0 bridgehead atoms. The number of benzene rings is 1. The molecule has 0 unspecified atom stereocenters. The van der Waals surface area contributed by atoms with Gasteiger partial charge in [0.15, 0.2) is 0 Å². The van der Waals surface area contributed by atoms with Crippen molar-refractivity contribution in [2.24, 2.45) is 0 Å². The van der Waals surface area contributed by atoms with Crippen molar-refractivity contribution in [3.05, 3.63) is 47.9 Å². The molecule has 2 heterocycles. The van der Waals surface area contributed by atoms with E-state index in [-0.39, 0.29) is 23.7 Å². The van der Waals surface area contributed by atoms with E-state index in [4.69, 9.17) is 9.52 Å². The van der Waals surface area contributed by atoms with Gasteiger partial charge in [0.1, 0.15) is 0 Å². The molecule has 1 aromatic carbocycles. The van der Waals surface area contributed by atoms with Gasteiger partial charge >= 0.3 is 12.0 Å². The minimum absolute atomic E-state index is 0.0405. The number of amides is 1. The van der Waals surface area contributed by atoms with Gasteiger partial charge in [-0.1, -0.05) is 30.3 Å². The molecule has 2 aromatic rings. The second kappa shape index (κ2) is 4.80. The number of carboxylic acids is 1. The number of oxazole rings is 1. The lowest BCUT2D eigenvalue weighted by Gasteiger charge is -2.21. The molecule has 0 radical (unpaired) electrons. The molecule has 1 aromatic heterocycles. The van der Waals surface area contributed by atoms with Crippen LogP contribution >= 0.6 is 0 Å². The average molecular weight is 272 g/mol. The summed E-state index contributed by atoms with van der Waals surface area (Å²) < 4.78 is 5.15. The summed E-state index contributed by atoms with van der Waals surface area (Å²) in [6, 6.07) is 9.43. The highest BCUT2D eigenvalue weighted by molar-refractivity contribution is 5.95. The first-order valence-corrected chi connectivity index (χ1v) is 6.23. The number of aromatic carboxylic acids is 1. The number of carbonyl (C=O) groups is 2. The molecule has 0 saturated carbocycles. The van der Waals surface area contributed by atoms with Gasteiger partial charge in [0, 0.05) is 6.42 Å². The Morgan fingerprint density at radius 2 is 2.10 bits per heavy atom. The molecule has 3 rings (SSSR count). The van der Waals surface area contributed by atoms with Crippen molar-refractivity contribution in [1.82, 2.24) is 4.98 Å². The zero-order valence-electron chi connectivity index (χ0n) is 10.5. The molecule has 102 valence electrons. The van der Waals surface area contributed by atoms with Gasteiger partial charge in [-0.05, 0) is 12.0 Å². The Kier molecular flexibility index (Phi) is 2.98. The molecule has 6 nitrogen and oxygen atoms in total. The van der Waals surface area contributed by atoms with Crippen molar-refractivity contribution in [3.8, 4) is 0 Å². The predicted molar refractivity (Wildman–Crippen MR) is 69.4 cm³/mol. The summed E-state index contributed by atoms with van der Waals surface area (Å²) in [5.41, 5.74) is 0.980. The van der Waals surface area contributed by atoms with Crippen molar-refractivity contribution in [2.75, 3.05) is 4.90 Å². The second-order valence-corrected chi connectivity index (χ2v) is 4.54. The van der Waals surface area contributed by atoms with Gasteiger partial charge in [0.05, 0.1) is 12.2 Å². The lowest BCUT2D eigenvalue weighted by atomic mass is 10.1. The monoisotopic (exact) mass is 272 g/mol. The van der Waals surface area contributed by atoms with Gasteiger partial charge in [0.2, 0.25) is 11.7 Å². The third-order valence-electron chi connectivity index (χ3n) is 3.31. The maximum Gasteiger partial charge on any atom is 0.373 e. The van der Waals surface area contributed by atoms with Crippen LogP contribution in [0.3, 0.4) is 0 Å². The standard InChI is InChI=1S/C14H12N2O4/c17-12-7-6-10(9-4-2-1-3-5-9)16(12)14-15-8-11(20-14)13(18)19/h1-5,8,10H,6-7H2,(H,18,19)/t10-/m0/s1. The van der Waals surface area contributed by atoms with Crippen molar-refractivity contribution in [1.29, 1.82) is 0 Å². The van der Waals surface area contributed by atoms with Crippen LogP contribution in [0.2, 0.25) is 0 Å². The van der Waals surface area contributed by atoms with Gasteiger partial charge in [0.25, 0.3) is 0 Å². The zero-order chi connectivity index (χ0) is 14.1. The number of nitrogens with zero attached hydrogens (tertiary/aromatic N) is 2. The molecule has 1 fully saturated rings. The van der Waals surface area contributed by atoms with Crippen LogP contribution in [-0.2, 0) is 4.79 Å². The fourth-order valence-corrected chi connectivity index (χ4v) is 2.39. The number of anilines is 1. The number of carbonyl (C=O) groups excluding carboxylic acids is 1. The predicted octanol–water partition coefficient (Wildman–Crippen LogP) is 2.24. The first-order chi connectivity index (χ1) is 9.66. The van der Waals surface area contributed by atoms with Gasteiger partial charge in [-0.3, -0.25) is 9.69 Å². The smallest absolute Gasteiger partial charge is 0.373 e. The van der Waals surface area contributed by atoms with Crippen LogP contribution in [0.15, 0.2) is 40.9 Å². The summed E-state index contributed by atoms with van der Waals surface area (Å²) in [4.78, 5) is 28.2. The summed E-state index contributed by atoms with van der Waals surface area (Å²) in [7, 11) is 0. The van der Waals surface area contributed by atoms with Gasteiger partial charge in [-0.15, -0.1) is 0 Å². The first-order valence-electron chi connectivity index (χ1n) is 6.23. The molecule has 6 heteroatoms. The van der Waals surface area contributed by atoms with E-state index >= 15 is 0 Å². The van der Waals surface area contributed by atoms with E-state index in [9.17, 15) is 9.59 Å². The number of hydrogen-bond donors (Lipinski definition) is 1. The van der Waals surface area contributed by atoms with E-state index in [2.05, 4.69) is 4.98 Å². The molecule has 1 saturated heterocycles. The fourth-order valence-electron chi connectivity index (χ4n) is 2.39. The molecule has 1 atom stereocenters. The van der Waals surface area contributed by atoms with Crippen molar-refractivity contribution < 1.29 is 19.1 Å². The van der Waals surface area contributed by atoms with E-state index in [1.54, 1.807) is 0 Å². The van der Waals surface area contributed by atoms with Crippen molar-refractivity contribution in [3.63, 3.8) is 0 Å². The molecule has 1 aliphatic heterocycles.